The average Bonchev–Trinajstić information content (AvgIpc) is 3.17. The first-order valence-electron chi connectivity index (χ1n) is 7.27. The number of hydrogen-bond donors (Lipinski definition) is 1. The molecule has 1 unspecified atom stereocenters. The maximum absolute atomic E-state index is 12.1. The fourth-order valence-corrected chi connectivity index (χ4v) is 2.92. The zero-order chi connectivity index (χ0) is 13.4. The highest BCUT2D eigenvalue weighted by Gasteiger charge is 2.29. The minimum absolute atomic E-state index is 0.169. The molecular formula is C15H22N2O2. The smallest absolute Gasteiger partial charge is 0.242 e. The Hall–Kier alpha value is -1.29. The van der Waals surface area contributed by atoms with Gasteiger partial charge in [-0.05, 0) is 37.7 Å². The van der Waals surface area contributed by atoms with Gasteiger partial charge in [-0.15, -0.1) is 0 Å². The molecule has 1 heterocycles. The monoisotopic (exact) mass is 262 g/mol. The Kier molecular flexibility index (Phi) is 3.35. The highest BCUT2D eigenvalue weighted by Crippen LogP contribution is 2.29. The Balaban J connectivity index is 1.71. The number of hydrogen-bond acceptors (Lipinski definition) is 2. The van der Waals surface area contributed by atoms with Crippen LogP contribution in [0.4, 0.5) is 0 Å². The molecule has 0 aliphatic heterocycles. The molecule has 0 bridgehead atoms. The van der Waals surface area contributed by atoms with Crippen LogP contribution < -0.4 is 0 Å². The lowest BCUT2D eigenvalue weighted by atomic mass is 10.1. The second-order valence-electron chi connectivity index (χ2n) is 5.91. The second-order valence-corrected chi connectivity index (χ2v) is 5.91. The highest BCUT2D eigenvalue weighted by atomic mass is 16.3. The minimum atomic E-state index is -0.352. The Labute approximate surface area is 114 Å². The topological polar surface area (TPSA) is 45.5 Å². The van der Waals surface area contributed by atoms with E-state index in [9.17, 15) is 9.90 Å². The van der Waals surface area contributed by atoms with Crippen molar-refractivity contribution in [1.29, 1.82) is 0 Å². The molecule has 4 nitrogen and oxygen atoms in total. The maximum atomic E-state index is 12.1. The van der Waals surface area contributed by atoms with Crippen LogP contribution in [0, 0.1) is 0 Å². The molecule has 1 atom stereocenters. The van der Waals surface area contributed by atoms with Crippen molar-refractivity contribution in [2.24, 2.45) is 0 Å². The zero-order valence-electron chi connectivity index (χ0n) is 11.5. The van der Waals surface area contributed by atoms with Gasteiger partial charge in [0, 0.05) is 31.0 Å². The predicted octanol–water partition coefficient (Wildman–Crippen LogP) is 1.87. The summed E-state index contributed by atoms with van der Waals surface area (Å²) in [5.74, 6) is 0.169. The number of carbonyl (C=O) groups excluding carboxylic acids is 1. The number of rotatable bonds is 3. The van der Waals surface area contributed by atoms with Crippen LogP contribution in [-0.2, 0) is 17.8 Å². The van der Waals surface area contributed by atoms with Crippen LogP contribution in [0.1, 0.15) is 49.3 Å². The summed E-state index contributed by atoms with van der Waals surface area (Å²) in [6.45, 7) is 0.396. The Bertz CT molecular complexity index is 476. The first kappa shape index (κ1) is 12.7. The van der Waals surface area contributed by atoms with E-state index >= 15 is 0 Å². The normalized spacial score (nSPS) is 22.7. The Morgan fingerprint density at radius 3 is 2.89 bits per heavy atom. The number of nitrogens with zero attached hydrogens (tertiary/aromatic N) is 2. The summed E-state index contributed by atoms with van der Waals surface area (Å²) >= 11 is 0. The third-order valence-corrected chi connectivity index (χ3v) is 4.34. The van der Waals surface area contributed by atoms with Crippen molar-refractivity contribution in [2.45, 2.75) is 57.2 Å². The van der Waals surface area contributed by atoms with E-state index in [0.717, 1.165) is 44.1 Å². The van der Waals surface area contributed by atoms with Gasteiger partial charge in [-0.25, -0.2) is 0 Å². The summed E-state index contributed by atoms with van der Waals surface area (Å²) < 4.78 is 1.94. The van der Waals surface area contributed by atoms with Crippen LogP contribution in [0.3, 0.4) is 0 Å². The van der Waals surface area contributed by atoms with Crippen molar-refractivity contribution in [1.82, 2.24) is 9.47 Å². The molecule has 0 radical (unpaired) electrons. The average molecular weight is 262 g/mol. The summed E-state index contributed by atoms with van der Waals surface area (Å²) in [4.78, 5) is 14.0. The van der Waals surface area contributed by atoms with Gasteiger partial charge >= 0.3 is 0 Å². The van der Waals surface area contributed by atoms with Crippen molar-refractivity contribution >= 4 is 5.91 Å². The number of carbonyl (C=O) groups is 1. The molecule has 1 N–H and O–H groups in total. The lowest BCUT2D eigenvalue weighted by Crippen LogP contribution is -2.31. The molecule has 19 heavy (non-hydrogen) atoms. The van der Waals surface area contributed by atoms with Gasteiger partial charge < -0.3 is 14.6 Å². The van der Waals surface area contributed by atoms with Crippen molar-refractivity contribution in [3.8, 4) is 0 Å². The number of amides is 1. The van der Waals surface area contributed by atoms with Gasteiger partial charge in [-0.3, -0.25) is 4.79 Å². The van der Waals surface area contributed by atoms with E-state index < -0.39 is 0 Å². The van der Waals surface area contributed by atoms with Crippen LogP contribution in [-0.4, -0.2) is 33.6 Å². The van der Waals surface area contributed by atoms with Gasteiger partial charge in [-0.2, -0.15) is 0 Å². The third kappa shape index (κ3) is 2.68. The number of aliphatic hydroxyl groups is 1. The lowest BCUT2D eigenvalue weighted by Gasteiger charge is -2.16. The Morgan fingerprint density at radius 2 is 2.16 bits per heavy atom. The third-order valence-electron chi connectivity index (χ3n) is 4.34. The van der Waals surface area contributed by atoms with E-state index in [-0.39, 0.29) is 12.0 Å². The van der Waals surface area contributed by atoms with Gasteiger partial charge in [0.05, 0.1) is 6.10 Å². The molecule has 104 valence electrons. The van der Waals surface area contributed by atoms with Gasteiger partial charge in [0.15, 0.2) is 0 Å². The van der Waals surface area contributed by atoms with Crippen LogP contribution in [0.2, 0.25) is 0 Å². The molecule has 1 saturated carbocycles. The van der Waals surface area contributed by atoms with Gasteiger partial charge in [0.2, 0.25) is 5.91 Å². The van der Waals surface area contributed by atoms with E-state index in [2.05, 4.69) is 0 Å². The summed E-state index contributed by atoms with van der Waals surface area (Å²) in [6.07, 6.45) is 10.0. The summed E-state index contributed by atoms with van der Waals surface area (Å²) in [7, 11) is 1.89. The van der Waals surface area contributed by atoms with E-state index in [1.807, 2.05) is 28.9 Å². The van der Waals surface area contributed by atoms with E-state index in [1.54, 1.807) is 0 Å². The number of fused-ring (bicyclic) bond motifs is 1. The molecule has 1 aromatic rings. The van der Waals surface area contributed by atoms with Gasteiger partial charge in [0.1, 0.15) is 6.54 Å². The van der Waals surface area contributed by atoms with Gasteiger partial charge in [-0.1, -0.05) is 6.42 Å². The number of aryl methyl sites for hydroxylation is 1. The first-order valence-corrected chi connectivity index (χ1v) is 7.27. The lowest BCUT2D eigenvalue weighted by molar-refractivity contribution is -0.131. The fourth-order valence-electron chi connectivity index (χ4n) is 2.92. The number of likely N-dealkylation sites (N-methyl/N-ethyl adjacent to an activating group) is 1. The zero-order valence-corrected chi connectivity index (χ0v) is 11.5. The molecular weight excluding hydrogens is 240 g/mol. The molecule has 1 fully saturated rings. The van der Waals surface area contributed by atoms with E-state index in [4.69, 9.17) is 0 Å². The van der Waals surface area contributed by atoms with Crippen molar-refractivity contribution in [2.75, 3.05) is 7.05 Å². The molecule has 2 aliphatic rings. The quantitative estimate of drug-likeness (QED) is 0.845. The van der Waals surface area contributed by atoms with Crippen molar-refractivity contribution in [3.05, 3.63) is 23.5 Å². The molecule has 3 rings (SSSR count). The largest absolute Gasteiger partial charge is 0.388 e. The molecule has 1 aromatic heterocycles. The first-order chi connectivity index (χ1) is 9.15. The summed E-state index contributed by atoms with van der Waals surface area (Å²) in [6, 6.07) is 0.464. The highest BCUT2D eigenvalue weighted by molar-refractivity contribution is 5.76. The van der Waals surface area contributed by atoms with Crippen LogP contribution in [0.15, 0.2) is 12.4 Å². The van der Waals surface area contributed by atoms with Crippen LogP contribution in [0.5, 0.6) is 0 Å². The second kappa shape index (κ2) is 5.00. The number of aliphatic hydroxyl groups excluding tert-OH is 1. The van der Waals surface area contributed by atoms with E-state index in [0.29, 0.717) is 12.6 Å². The standard InChI is InChI=1S/C15H22N2O2/c1-16(12-6-7-12)15(19)10-17-8-11-4-2-3-5-14(18)13(11)9-17/h8-9,12,14,18H,2-7,10H2,1H3. The predicted molar refractivity (Wildman–Crippen MR) is 72.7 cm³/mol. The van der Waals surface area contributed by atoms with Crippen molar-refractivity contribution in [3.63, 3.8) is 0 Å². The molecule has 0 spiro atoms. The molecule has 0 aromatic carbocycles. The fraction of sp³-hybridized carbons (Fsp3) is 0.667. The molecule has 2 aliphatic carbocycles. The molecule has 0 saturated heterocycles. The molecule has 1 amide bonds. The van der Waals surface area contributed by atoms with Crippen LogP contribution >= 0.6 is 0 Å². The van der Waals surface area contributed by atoms with E-state index in [1.165, 1.54) is 5.56 Å². The minimum Gasteiger partial charge on any atom is -0.388 e. The van der Waals surface area contributed by atoms with Crippen molar-refractivity contribution < 1.29 is 9.90 Å². The molecule has 4 heteroatoms. The summed E-state index contributed by atoms with van der Waals surface area (Å²) in [5.41, 5.74) is 2.24. The number of aromatic nitrogens is 1. The SMILES string of the molecule is CN(C(=O)Cn1cc2c(c1)C(O)CCCC2)C1CC1. The van der Waals surface area contributed by atoms with Gasteiger partial charge in [0.25, 0.3) is 0 Å². The Morgan fingerprint density at radius 1 is 1.37 bits per heavy atom. The van der Waals surface area contributed by atoms with Crippen LogP contribution in [0.25, 0.3) is 0 Å². The maximum Gasteiger partial charge on any atom is 0.242 e. The summed E-state index contributed by atoms with van der Waals surface area (Å²) in [5, 5.41) is 10.1.